The molecular weight excluding hydrogens is 336 g/mol. The zero-order valence-corrected chi connectivity index (χ0v) is 18.0. The lowest BCUT2D eigenvalue weighted by molar-refractivity contribution is -0.124. The Balaban J connectivity index is 5.29. The van der Waals surface area contributed by atoms with Crippen LogP contribution in [0.4, 0.5) is 4.79 Å². The van der Waals surface area contributed by atoms with E-state index in [1.165, 1.54) is 0 Å². The van der Waals surface area contributed by atoms with Crippen molar-refractivity contribution in [2.75, 3.05) is 13.2 Å². The molecule has 25 heavy (non-hydrogen) atoms. The van der Waals surface area contributed by atoms with Crippen LogP contribution in [0.5, 0.6) is 0 Å². The Morgan fingerprint density at radius 2 is 1.56 bits per heavy atom. The second kappa shape index (κ2) is 12.2. The van der Waals surface area contributed by atoms with Gasteiger partial charge >= 0.3 is 6.16 Å². The Bertz CT molecular complexity index is 435. The molecule has 0 aromatic carbocycles. The maximum atomic E-state index is 12.3. The van der Waals surface area contributed by atoms with Crippen LogP contribution in [0.2, 0.25) is 18.1 Å². The molecule has 0 unspecified atom stereocenters. The molecule has 0 fully saturated rings. The van der Waals surface area contributed by atoms with Crippen molar-refractivity contribution in [2.24, 2.45) is 5.92 Å². The number of Topliss-reactive ketones (excluding diaryl/α,β-unsaturated/α-hetero) is 1. The topological polar surface area (TPSA) is 61.8 Å². The van der Waals surface area contributed by atoms with Gasteiger partial charge in [0.1, 0.15) is 12.4 Å². The standard InChI is InChI=1S/C19H36O5Si/c1-8-17(20)16(7)18(24-25(10-3,11-4)12-5)15(6)13-14-23-19(21)22-9-2/h13,16,18H,8-12,14H2,1-7H3/b15-13+/t16-,18-/m1/s1. The van der Waals surface area contributed by atoms with Crippen molar-refractivity contribution in [3.8, 4) is 0 Å². The maximum absolute atomic E-state index is 12.3. The molecule has 6 heteroatoms. The zero-order valence-electron chi connectivity index (χ0n) is 17.0. The van der Waals surface area contributed by atoms with E-state index in [0.29, 0.717) is 6.42 Å². The number of ether oxygens (including phenoxy) is 2. The second-order valence-electron chi connectivity index (χ2n) is 6.33. The summed E-state index contributed by atoms with van der Waals surface area (Å²) < 4.78 is 16.4. The van der Waals surface area contributed by atoms with Crippen LogP contribution in [-0.2, 0) is 18.7 Å². The van der Waals surface area contributed by atoms with E-state index in [9.17, 15) is 9.59 Å². The second-order valence-corrected chi connectivity index (χ2v) is 11.1. The molecule has 0 aliphatic rings. The minimum Gasteiger partial charge on any atom is -0.435 e. The van der Waals surface area contributed by atoms with Gasteiger partial charge in [-0.1, -0.05) is 34.6 Å². The Kier molecular flexibility index (Phi) is 11.7. The highest BCUT2D eigenvalue weighted by atomic mass is 28.4. The molecular formula is C19H36O5Si. The van der Waals surface area contributed by atoms with Gasteiger partial charge in [-0.2, -0.15) is 0 Å². The average Bonchev–Trinajstić information content (AvgIpc) is 2.62. The summed E-state index contributed by atoms with van der Waals surface area (Å²) in [5.74, 6) is -0.0179. The van der Waals surface area contributed by atoms with Crippen LogP contribution >= 0.6 is 0 Å². The first-order valence-corrected chi connectivity index (χ1v) is 12.0. The molecule has 0 rings (SSSR count). The summed E-state index contributed by atoms with van der Waals surface area (Å²) in [7, 11) is -1.86. The summed E-state index contributed by atoms with van der Waals surface area (Å²) in [5, 5.41) is 0. The van der Waals surface area contributed by atoms with Gasteiger partial charge in [0.05, 0.1) is 12.7 Å². The molecule has 0 saturated heterocycles. The van der Waals surface area contributed by atoms with E-state index in [1.54, 1.807) is 6.92 Å². The number of hydrogen-bond donors (Lipinski definition) is 0. The molecule has 0 aliphatic heterocycles. The summed E-state index contributed by atoms with van der Waals surface area (Å²) in [6, 6.07) is 3.07. The summed E-state index contributed by atoms with van der Waals surface area (Å²) in [4.78, 5) is 23.6. The predicted molar refractivity (Wildman–Crippen MR) is 103 cm³/mol. The normalized spacial score (nSPS) is 14.8. The first-order valence-electron chi connectivity index (χ1n) is 9.47. The lowest BCUT2D eigenvalue weighted by Gasteiger charge is -2.36. The lowest BCUT2D eigenvalue weighted by Crippen LogP contribution is -2.44. The van der Waals surface area contributed by atoms with Gasteiger partial charge < -0.3 is 13.9 Å². The monoisotopic (exact) mass is 372 g/mol. The molecule has 2 atom stereocenters. The van der Waals surface area contributed by atoms with E-state index in [2.05, 4.69) is 20.8 Å². The summed E-state index contributed by atoms with van der Waals surface area (Å²) in [5.41, 5.74) is 0.936. The van der Waals surface area contributed by atoms with Gasteiger partial charge in [-0.25, -0.2) is 4.79 Å². The van der Waals surface area contributed by atoms with Crippen molar-refractivity contribution in [2.45, 2.75) is 79.1 Å². The highest BCUT2D eigenvalue weighted by Crippen LogP contribution is 2.29. The van der Waals surface area contributed by atoms with Crippen molar-refractivity contribution >= 4 is 20.3 Å². The maximum Gasteiger partial charge on any atom is 0.508 e. The van der Waals surface area contributed by atoms with Crippen LogP contribution in [0, 0.1) is 5.92 Å². The Morgan fingerprint density at radius 1 is 1.00 bits per heavy atom. The molecule has 0 spiro atoms. The fourth-order valence-corrected chi connectivity index (χ4v) is 5.80. The Labute approximate surface area is 154 Å². The number of carbonyl (C=O) groups is 2. The first kappa shape index (κ1) is 23.9. The van der Waals surface area contributed by atoms with Crippen molar-refractivity contribution < 1.29 is 23.5 Å². The summed E-state index contributed by atoms with van der Waals surface area (Å²) >= 11 is 0. The average molecular weight is 373 g/mol. The van der Waals surface area contributed by atoms with Crippen LogP contribution < -0.4 is 0 Å². The van der Waals surface area contributed by atoms with Crippen LogP contribution in [0.3, 0.4) is 0 Å². The molecule has 0 aromatic rings. The van der Waals surface area contributed by atoms with E-state index in [1.807, 2.05) is 26.8 Å². The Hall–Kier alpha value is -1.14. The van der Waals surface area contributed by atoms with Gasteiger partial charge in [0.15, 0.2) is 8.32 Å². The lowest BCUT2D eigenvalue weighted by atomic mass is 9.93. The predicted octanol–water partition coefficient (Wildman–Crippen LogP) is 5.11. The van der Waals surface area contributed by atoms with E-state index >= 15 is 0 Å². The quantitative estimate of drug-likeness (QED) is 0.270. The number of ketones is 1. The third-order valence-electron chi connectivity index (χ3n) is 4.94. The number of rotatable bonds is 12. The highest BCUT2D eigenvalue weighted by molar-refractivity contribution is 6.73. The Morgan fingerprint density at radius 3 is 2.00 bits per heavy atom. The molecule has 0 aliphatic carbocycles. The van der Waals surface area contributed by atoms with Crippen LogP contribution in [-0.4, -0.2) is 39.6 Å². The van der Waals surface area contributed by atoms with Gasteiger partial charge in [0.2, 0.25) is 0 Å². The first-order chi connectivity index (χ1) is 11.8. The minimum absolute atomic E-state index is 0.122. The summed E-state index contributed by atoms with van der Waals surface area (Å²) in [6.07, 6.45) is 1.37. The SMILES string of the molecule is CCOC(=O)OC/C=C(\C)[C@@H](O[Si](CC)(CC)CC)[C@H](C)C(=O)CC. The molecule has 0 N–H and O–H groups in total. The van der Waals surface area contributed by atoms with E-state index in [0.717, 1.165) is 23.7 Å². The van der Waals surface area contributed by atoms with Gasteiger partial charge in [-0.3, -0.25) is 4.79 Å². The van der Waals surface area contributed by atoms with Gasteiger partial charge in [0.25, 0.3) is 0 Å². The molecule has 146 valence electrons. The van der Waals surface area contributed by atoms with Crippen molar-refractivity contribution in [3.63, 3.8) is 0 Å². The van der Waals surface area contributed by atoms with Crippen molar-refractivity contribution in [1.29, 1.82) is 0 Å². The van der Waals surface area contributed by atoms with Gasteiger partial charge in [-0.05, 0) is 43.6 Å². The van der Waals surface area contributed by atoms with E-state index < -0.39 is 14.5 Å². The molecule has 0 aromatic heterocycles. The van der Waals surface area contributed by atoms with Crippen molar-refractivity contribution in [1.82, 2.24) is 0 Å². The third-order valence-corrected chi connectivity index (χ3v) is 9.56. The molecule has 5 nitrogen and oxygen atoms in total. The molecule has 0 heterocycles. The van der Waals surface area contributed by atoms with Crippen molar-refractivity contribution in [3.05, 3.63) is 11.6 Å². The molecule has 0 saturated carbocycles. The molecule has 0 amide bonds. The fourth-order valence-electron chi connectivity index (χ4n) is 2.87. The third kappa shape index (κ3) is 7.73. The number of carbonyl (C=O) groups excluding carboxylic acids is 2. The molecule has 0 radical (unpaired) electrons. The van der Waals surface area contributed by atoms with E-state index in [4.69, 9.17) is 13.9 Å². The van der Waals surface area contributed by atoms with Gasteiger partial charge in [0, 0.05) is 12.3 Å². The number of hydrogen-bond acceptors (Lipinski definition) is 5. The van der Waals surface area contributed by atoms with Crippen LogP contribution in [0.1, 0.15) is 54.9 Å². The van der Waals surface area contributed by atoms with Crippen LogP contribution in [0.15, 0.2) is 11.6 Å². The summed E-state index contributed by atoms with van der Waals surface area (Å²) in [6.45, 7) is 14.4. The van der Waals surface area contributed by atoms with Gasteiger partial charge in [-0.15, -0.1) is 0 Å². The zero-order chi connectivity index (χ0) is 19.5. The van der Waals surface area contributed by atoms with Crippen LogP contribution in [0.25, 0.3) is 0 Å². The highest BCUT2D eigenvalue weighted by Gasteiger charge is 2.36. The fraction of sp³-hybridized carbons (Fsp3) is 0.789. The van der Waals surface area contributed by atoms with E-state index in [-0.39, 0.29) is 31.0 Å². The largest absolute Gasteiger partial charge is 0.508 e. The minimum atomic E-state index is -1.86. The smallest absolute Gasteiger partial charge is 0.435 e. The molecule has 0 bridgehead atoms.